The Morgan fingerprint density at radius 1 is 1.32 bits per heavy atom. The van der Waals surface area contributed by atoms with Crippen molar-refractivity contribution in [3.8, 4) is 6.07 Å². The van der Waals surface area contributed by atoms with Crippen LogP contribution in [0.25, 0.3) is 0 Å². The molecule has 0 saturated heterocycles. The number of hydrogen-bond acceptors (Lipinski definition) is 7. The van der Waals surface area contributed by atoms with Crippen LogP contribution in [-0.4, -0.2) is 16.6 Å². The fourth-order valence-corrected chi connectivity index (χ4v) is 4.30. The molecule has 1 aromatic carbocycles. The molecule has 9 heteroatoms. The average molecular weight is 380 g/mol. The molecular weight excluding hydrogens is 364 g/mol. The highest BCUT2D eigenvalue weighted by atomic mass is 16.6. The van der Waals surface area contributed by atoms with Crippen molar-refractivity contribution in [3.63, 3.8) is 0 Å². The first kappa shape index (κ1) is 17.7. The number of nitro benzene ring substituents is 1. The van der Waals surface area contributed by atoms with Crippen molar-refractivity contribution < 1.29 is 19.2 Å². The standard InChI is InChI=1S/C19H16N4O5/c1-18(2)6-13(24)15-14(7-18)28-16(21)11(8-20)19(15)10-5-9(23(26)27)3-4-12(10)22-17(19)25/h3-5H,6-7,21H2,1-2H3,(H,22,25)/t19-/m0/s1. The number of nitrogens with one attached hydrogen (secondary N) is 1. The van der Waals surface area contributed by atoms with E-state index in [0.717, 1.165) is 0 Å². The molecule has 0 radical (unpaired) electrons. The van der Waals surface area contributed by atoms with E-state index in [9.17, 15) is 25.0 Å². The molecule has 1 aromatic rings. The molecule has 1 atom stereocenters. The van der Waals surface area contributed by atoms with Crippen molar-refractivity contribution in [1.82, 2.24) is 0 Å². The molecule has 0 saturated carbocycles. The first-order valence-corrected chi connectivity index (χ1v) is 8.57. The number of hydrogen-bond donors (Lipinski definition) is 2. The van der Waals surface area contributed by atoms with Gasteiger partial charge in [0, 0.05) is 36.2 Å². The van der Waals surface area contributed by atoms with Gasteiger partial charge in [-0.2, -0.15) is 5.26 Å². The predicted octanol–water partition coefficient (Wildman–Crippen LogP) is 2.15. The van der Waals surface area contributed by atoms with Crippen molar-refractivity contribution in [2.45, 2.75) is 32.1 Å². The molecule has 2 heterocycles. The number of rotatable bonds is 1. The summed E-state index contributed by atoms with van der Waals surface area (Å²) in [6.07, 6.45) is 0.486. The number of nitrogens with zero attached hydrogens (tertiary/aromatic N) is 2. The number of nitrogens with two attached hydrogens (primary N) is 1. The molecule has 4 rings (SSSR count). The Morgan fingerprint density at radius 3 is 2.68 bits per heavy atom. The second-order valence-electron chi connectivity index (χ2n) is 7.88. The Labute approximate surface area is 159 Å². The first-order chi connectivity index (χ1) is 13.1. The van der Waals surface area contributed by atoms with Crippen molar-refractivity contribution in [1.29, 1.82) is 5.26 Å². The SMILES string of the molecule is CC1(C)CC(=O)C2=C(C1)OC(N)=C(C#N)[C@]21C(=O)Nc2ccc([N+](=O)[O-])cc21. The van der Waals surface area contributed by atoms with Gasteiger partial charge in [0.05, 0.1) is 10.5 Å². The molecule has 3 N–H and O–H groups in total. The Bertz CT molecular complexity index is 1090. The number of benzene rings is 1. The van der Waals surface area contributed by atoms with Crippen LogP contribution in [0.1, 0.15) is 32.3 Å². The van der Waals surface area contributed by atoms with E-state index < -0.39 is 21.7 Å². The zero-order valence-electron chi connectivity index (χ0n) is 15.2. The van der Waals surface area contributed by atoms with Gasteiger partial charge in [0.15, 0.2) is 5.78 Å². The third-order valence-electron chi connectivity index (χ3n) is 5.38. The summed E-state index contributed by atoms with van der Waals surface area (Å²) in [6.45, 7) is 3.77. The smallest absolute Gasteiger partial charge is 0.269 e. The monoisotopic (exact) mass is 380 g/mol. The van der Waals surface area contributed by atoms with Gasteiger partial charge in [0.1, 0.15) is 22.8 Å². The van der Waals surface area contributed by atoms with E-state index >= 15 is 0 Å². The van der Waals surface area contributed by atoms with Gasteiger partial charge < -0.3 is 15.8 Å². The number of carbonyl (C=O) groups excluding carboxylic acids is 2. The van der Waals surface area contributed by atoms with Crippen LogP contribution >= 0.6 is 0 Å². The number of fused-ring (bicyclic) bond motifs is 3. The normalized spacial score (nSPS) is 25.0. The molecule has 28 heavy (non-hydrogen) atoms. The lowest BCUT2D eigenvalue weighted by atomic mass is 9.62. The maximum absolute atomic E-state index is 13.2. The van der Waals surface area contributed by atoms with Gasteiger partial charge >= 0.3 is 0 Å². The van der Waals surface area contributed by atoms with Crippen molar-refractivity contribution >= 4 is 23.1 Å². The van der Waals surface area contributed by atoms with Crippen LogP contribution in [0.2, 0.25) is 0 Å². The van der Waals surface area contributed by atoms with E-state index in [2.05, 4.69) is 5.32 Å². The molecule has 0 unspecified atom stereocenters. The van der Waals surface area contributed by atoms with Gasteiger partial charge in [-0.3, -0.25) is 19.7 Å². The number of ketones is 1. The minimum atomic E-state index is -1.85. The lowest BCUT2D eigenvalue weighted by molar-refractivity contribution is -0.384. The third-order valence-corrected chi connectivity index (χ3v) is 5.38. The molecular formula is C19H16N4O5. The van der Waals surface area contributed by atoms with Gasteiger partial charge in [-0.15, -0.1) is 0 Å². The Kier molecular flexibility index (Phi) is 3.43. The van der Waals surface area contributed by atoms with Gasteiger partial charge in [-0.05, 0) is 11.5 Å². The number of non-ortho nitro benzene ring substituents is 1. The molecule has 3 aliphatic rings. The summed E-state index contributed by atoms with van der Waals surface area (Å²) in [5.74, 6) is -1.04. The largest absolute Gasteiger partial charge is 0.444 e. The number of ether oxygens (including phenoxy) is 1. The number of Topliss-reactive ketones (excluding diaryl/α,β-unsaturated/α-hetero) is 1. The molecule has 142 valence electrons. The van der Waals surface area contributed by atoms with Crippen molar-refractivity contribution in [2.75, 3.05) is 5.32 Å². The molecule has 1 aliphatic carbocycles. The van der Waals surface area contributed by atoms with Crippen LogP contribution in [0.5, 0.6) is 0 Å². The lowest BCUT2D eigenvalue weighted by Crippen LogP contribution is -2.48. The van der Waals surface area contributed by atoms with Gasteiger partial charge in [0.25, 0.3) is 5.69 Å². The number of allylic oxidation sites excluding steroid dienone is 1. The highest BCUT2D eigenvalue weighted by molar-refractivity contribution is 6.19. The van der Waals surface area contributed by atoms with E-state index in [-0.39, 0.29) is 46.2 Å². The van der Waals surface area contributed by atoms with Crippen molar-refractivity contribution in [2.24, 2.45) is 11.1 Å². The second kappa shape index (κ2) is 5.42. The summed E-state index contributed by atoms with van der Waals surface area (Å²) >= 11 is 0. The fraction of sp³-hybridized carbons (Fsp3) is 0.316. The summed E-state index contributed by atoms with van der Waals surface area (Å²) in [5, 5.41) is 23.7. The maximum atomic E-state index is 13.2. The number of amides is 1. The van der Waals surface area contributed by atoms with Gasteiger partial charge in [0.2, 0.25) is 11.8 Å². The zero-order valence-corrected chi connectivity index (χ0v) is 15.2. The van der Waals surface area contributed by atoms with E-state index in [4.69, 9.17) is 10.5 Å². The first-order valence-electron chi connectivity index (χ1n) is 8.57. The average Bonchev–Trinajstić information content (AvgIpc) is 2.85. The highest BCUT2D eigenvalue weighted by Crippen LogP contribution is 2.56. The summed E-state index contributed by atoms with van der Waals surface area (Å²) < 4.78 is 5.61. The van der Waals surface area contributed by atoms with Crippen LogP contribution in [-0.2, 0) is 19.7 Å². The molecule has 0 aromatic heterocycles. The van der Waals surface area contributed by atoms with E-state index in [1.54, 1.807) is 0 Å². The van der Waals surface area contributed by atoms with Gasteiger partial charge in [-0.25, -0.2) is 0 Å². The Balaban J connectivity index is 2.10. The molecule has 2 aliphatic heterocycles. The minimum Gasteiger partial charge on any atom is -0.444 e. The van der Waals surface area contributed by atoms with Crippen molar-refractivity contribution in [3.05, 3.63) is 56.7 Å². The zero-order chi connectivity index (χ0) is 20.4. The topological polar surface area (TPSA) is 148 Å². The maximum Gasteiger partial charge on any atom is 0.269 e. The quantitative estimate of drug-likeness (QED) is 0.560. The Hall–Kier alpha value is -3.67. The van der Waals surface area contributed by atoms with E-state index in [0.29, 0.717) is 12.1 Å². The lowest BCUT2D eigenvalue weighted by Gasteiger charge is -2.41. The summed E-state index contributed by atoms with van der Waals surface area (Å²) in [6, 6.07) is 5.74. The summed E-state index contributed by atoms with van der Waals surface area (Å²) in [4.78, 5) is 37.0. The van der Waals surface area contributed by atoms with Gasteiger partial charge in [-0.1, -0.05) is 13.8 Å². The number of nitriles is 1. The molecule has 1 amide bonds. The van der Waals surface area contributed by atoms with Crippen LogP contribution < -0.4 is 11.1 Å². The second-order valence-corrected chi connectivity index (χ2v) is 7.88. The molecule has 1 spiro atoms. The van der Waals surface area contributed by atoms with Crippen LogP contribution in [0, 0.1) is 26.9 Å². The number of carbonyl (C=O) groups is 2. The van der Waals surface area contributed by atoms with E-state index in [1.165, 1.54) is 18.2 Å². The molecule has 9 nitrogen and oxygen atoms in total. The molecule has 0 fully saturated rings. The number of nitro groups is 1. The minimum absolute atomic E-state index is 0.0364. The Morgan fingerprint density at radius 2 is 2.04 bits per heavy atom. The van der Waals surface area contributed by atoms with E-state index in [1.807, 2.05) is 19.9 Å². The summed E-state index contributed by atoms with van der Waals surface area (Å²) in [5.41, 5.74) is 3.71. The van der Waals surface area contributed by atoms with Crippen LogP contribution in [0.4, 0.5) is 11.4 Å². The molecule has 0 bridgehead atoms. The third kappa shape index (κ3) is 2.11. The predicted molar refractivity (Wildman–Crippen MR) is 96.4 cm³/mol. The number of anilines is 1. The highest BCUT2D eigenvalue weighted by Gasteiger charge is 2.61. The summed E-state index contributed by atoms with van der Waals surface area (Å²) in [7, 11) is 0. The van der Waals surface area contributed by atoms with Crippen LogP contribution in [0.15, 0.2) is 41.0 Å². The van der Waals surface area contributed by atoms with Crippen LogP contribution in [0.3, 0.4) is 0 Å². The fourth-order valence-electron chi connectivity index (χ4n) is 4.30.